The summed E-state index contributed by atoms with van der Waals surface area (Å²) < 4.78 is 35.3. The molecular weight excluding hydrogens is 1230 g/mol. The number of rotatable bonds is 24. The van der Waals surface area contributed by atoms with Gasteiger partial charge in [-0.05, 0) is 190 Å². The van der Waals surface area contributed by atoms with Crippen molar-refractivity contribution in [2.24, 2.45) is 0 Å². The van der Waals surface area contributed by atoms with Crippen LogP contribution in [0.3, 0.4) is 0 Å². The topological polar surface area (TPSA) is 226 Å². The summed E-state index contributed by atoms with van der Waals surface area (Å²) in [5, 5.41) is 8.90. The van der Waals surface area contributed by atoms with E-state index in [2.05, 4.69) is 35.5 Å². The molecule has 0 bridgehead atoms. The molecule has 3 aliphatic rings. The summed E-state index contributed by atoms with van der Waals surface area (Å²) in [6.45, 7) is 13.2. The van der Waals surface area contributed by atoms with Crippen molar-refractivity contribution in [1.82, 2.24) is 29.4 Å². The van der Waals surface area contributed by atoms with Gasteiger partial charge in [-0.1, -0.05) is 93.6 Å². The first-order chi connectivity index (χ1) is 46.8. The van der Waals surface area contributed by atoms with Gasteiger partial charge in [-0.3, -0.25) is 33.6 Å². The molecule has 3 amide bonds. The summed E-state index contributed by atoms with van der Waals surface area (Å²) >= 11 is 0. The lowest BCUT2D eigenvalue weighted by Crippen LogP contribution is -2.32. The lowest BCUT2D eigenvalue weighted by Gasteiger charge is -2.26. The number of carbonyl (C=O) groups is 4. The third-order valence-corrected chi connectivity index (χ3v) is 16.6. The molecule has 3 atom stereocenters. The molecule has 0 fully saturated rings. The average molecular weight is 1320 g/mol. The van der Waals surface area contributed by atoms with E-state index < -0.39 is 24.1 Å². The Morgan fingerprint density at radius 2 is 0.670 bits per heavy atom. The number of benzene rings is 6. The van der Waals surface area contributed by atoms with Gasteiger partial charge in [-0.15, -0.1) is 0 Å². The Hall–Kier alpha value is -9.89. The van der Waals surface area contributed by atoms with Crippen molar-refractivity contribution >= 4 is 56.6 Å². The van der Waals surface area contributed by atoms with E-state index in [0.717, 1.165) is 99.0 Å². The lowest BCUT2D eigenvalue weighted by molar-refractivity contribution is -0.134. The maximum absolute atomic E-state index is 13.5. The molecule has 6 aromatic carbocycles. The van der Waals surface area contributed by atoms with Gasteiger partial charge in [0, 0.05) is 26.6 Å². The Kier molecular flexibility index (Phi) is 24.4. The molecule has 1 N–H and O–H groups in total. The number of amides is 3. The molecule has 20 heteroatoms. The maximum Gasteiger partial charge on any atom is 0.300 e. The first-order valence-electron chi connectivity index (χ1n) is 33.2. The van der Waals surface area contributed by atoms with Crippen molar-refractivity contribution in [1.29, 1.82) is 0 Å². The van der Waals surface area contributed by atoms with Gasteiger partial charge < -0.3 is 62.0 Å². The van der Waals surface area contributed by atoms with Crippen LogP contribution in [-0.4, -0.2) is 160 Å². The molecule has 9 aromatic rings. The van der Waals surface area contributed by atoms with Crippen LogP contribution in [0.25, 0.3) is 32.9 Å². The van der Waals surface area contributed by atoms with E-state index in [1.54, 1.807) is 69.3 Å². The number of para-hydroxylation sites is 3. The molecule has 0 spiro atoms. The highest BCUT2D eigenvalue weighted by molar-refractivity contribution is 6.01. The van der Waals surface area contributed by atoms with Crippen molar-refractivity contribution in [3.8, 4) is 17.2 Å². The van der Waals surface area contributed by atoms with Crippen LogP contribution in [0.15, 0.2) is 173 Å². The van der Waals surface area contributed by atoms with Gasteiger partial charge in [0.25, 0.3) is 23.7 Å². The van der Waals surface area contributed by atoms with E-state index in [4.69, 9.17) is 37.4 Å². The number of carboxylic acid groups (broad SMARTS) is 1. The second-order valence-electron chi connectivity index (χ2n) is 25.0. The first-order valence-corrected chi connectivity index (χ1v) is 33.2. The van der Waals surface area contributed by atoms with Crippen molar-refractivity contribution in [3.05, 3.63) is 227 Å². The summed E-state index contributed by atoms with van der Waals surface area (Å²) in [5.74, 6) is 1.12. The van der Waals surface area contributed by atoms with Crippen LogP contribution < -0.4 is 30.5 Å². The summed E-state index contributed by atoms with van der Waals surface area (Å²) in [7, 11) is 12.0. The molecule has 3 aliphatic heterocycles. The standard InChI is InChI=1S/3C25H28N2O4.C2H4O2/c3*1-4-15-30-18-10-7-9-17(16-18)22-21-23(28)19-11-5-6-12-20(19)31-24(21)25(29)27(22)14-8-13-26(2)3;1-2(3)4/h3*5-7,9-12,16,22H,4,8,13-15H2,1-3H3;1H3,(H,3,4). The Bertz CT molecular complexity index is 4000. The highest BCUT2D eigenvalue weighted by Gasteiger charge is 2.45. The molecule has 0 saturated carbocycles. The van der Waals surface area contributed by atoms with Crippen LogP contribution in [0.4, 0.5) is 0 Å². The zero-order valence-electron chi connectivity index (χ0n) is 57.1. The predicted molar refractivity (Wildman–Crippen MR) is 376 cm³/mol. The minimum Gasteiger partial charge on any atom is -0.494 e. The van der Waals surface area contributed by atoms with Gasteiger partial charge in [0.2, 0.25) is 17.3 Å². The molecule has 0 saturated heterocycles. The molecule has 510 valence electrons. The van der Waals surface area contributed by atoms with Crippen molar-refractivity contribution in [2.75, 3.05) is 101 Å². The third-order valence-electron chi connectivity index (χ3n) is 16.6. The number of aliphatic carboxylic acids is 1. The highest BCUT2D eigenvalue weighted by Crippen LogP contribution is 2.42. The molecule has 0 radical (unpaired) electrons. The van der Waals surface area contributed by atoms with E-state index in [1.807, 2.05) is 133 Å². The van der Waals surface area contributed by atoms with Gasteiger partial charge in [-0.25, -0.2) is 0 Å². The van der Waals surface area contributed by atoms with Gasteiger partial charge in [0.15, 0.2) is 16.3 Å². The lowest BCUT2D eigenvalue weighted by atomic mass is 9.98. The number of ether oxygens (including phenoxy) is 3. The number of hydrogen-bond donors (Lipinski definition) is 1. The minimum absolute atomic E-state index is 0.148. The number of nitrogens with zero attached hydrogens (tertiary/aromatic N) is 6. The van der Waals surface area contributed by atoms with Crippen LogP contribution in [-0.2, 0) is 4.79 Å². The summed E-state index contributed by atoms with van der Waals surface area (Å²) in [5.41, 5.74) is 4.69. The number of hydrogen-bond acceptors (Lipinski definition) is 16. The van der Waals surface area contributed by atoms with E-state index in [1.165, 1.54) is 0 Å². The third kappa shape index (κ3) is 16.7. The summed E-state index contributed by atoms with van der Waals surface area (Å²) in [6.07, 6.45) is 5.10. The smallest absolute Gasteiger partial charge is 0.300 e. The number of fused-ring (bicyclic) bond motifs is 6. The van der Waals surface area contributed by atoms with Crippen LogP contribution in [0.2, 0.25) is 0 Å². The molecule has 3 unspecified atom stereocenters. The minimum atomic E-state index is -0.833. The Balaban J connectivity index is 0.000000166. The average Bonchev–Trinajstić information content (AvgIpc) is 1.62. The van der Waals surface area contributed by atoms with Crippen molar-refractivity contribution < 1.29 is 51.7 Å². The van der Waals surface area contributed by atoms with Crippen molar-refractivity contribution in [3.63, 3.8) is 0 Å². The second kappa shape index (κ2) is 33.2. The fourth-order valence-electron chi connectivity index (χ4n) is 12.3. The quantitative estimate of drug-likeness (QED) is 0.0593. The fourth-order valence-corrected chi connectivity index (χ4v) is 12.3. The fraction of sp³-hybridized carbons (Fsp3) is 0.364. The molecule has 3 aromatic heterocycles. The summed E-state index contributed by atoms with van der Waals surface area (Å²) in [4.78, 5) is 101. The number of carboxylic acids is 1. The molecule has 12 rings (SSSR count). The first kappa shape index (κ1) is 71.4. The molecule has 6 heterocycles. The van der Waals surface area contributed by atoms with Crippen LogP contribution in [0.5, 0.6) is 17.2 Å². The largest absolute Gasteiger partial charge is 0.494 e. The van der Waals surface area contributed by atoms with Gasteiger partial charge in [0.05, 0.1) is 70.8 Å². The molecular formula is C77H88N6O14. The summed E-state index contributed by atoms with van der Waals surface area (Å²) in [6, 6.07) is 42.8. The Morgan fingerprint density at radius 3 is 0.918 bits per heavy atom. The zero-order valence-corrected chi connectivity index (χ0v) is 57.1. The molecule has 0 aliphatic carbocycles. The number of carbonyl (C=O) groups excluding carboxylic acids is 3. The normalized spacial score (nSPS) is 15.3. The van der Waals surface area contributed by atoms with Gasteiger partial charge in [-0.2, -0.15) is 0 Å². The molecule has 97 heavy (non-hydrogen) atoms. The zero-order chi connectivity index (χ0) is 69.4. The van der Waals surface area contributed by atoms with E-state index in [9.17, 15) is 28.8 Å². The van der Waals surface area contributed by atoms with Gasteiger partial charge >= 0.3 is 0 Å². The van der Waals surface area contributed by atoms with Crippen LogP contribution in [0.1, 0.15) is 149 Å². The Labute approximate surface area is 565 Å². The SMILES string of the molecule is CC(=O)O.CCCOc1cccc(C2c3c(oc4ccccc4c3=O)C(=O)N2CCCN(C)C)c1.CCCOc1cccc(C2c3c(oc4ccccc4c3=O)C(=O)N2CCCN(C)C)c1.CCCOc1cccc(C2c3c(oc4ccccc4c3=O)C(=O)N2CCCN(C)C)c1. The van der Waals surface area contributed by atoms with E-state index in [0.29, 0.717) is 89.1 Å². The Morgan fingerprint density at radius 1 is 0.412 bits per heavy atom. The molecule has 20 nitrogen and oxygen atoms in total. The van der Waals surface area contributed by atoms with Crippen molar-refractivity contribution in [2.45, 2.75) is 84.3 Å². The second-order valence-corrected chi connectivity index (χ2v) is 25.0. The van der Waals surface area contributed by atoms with Crippen LogP contribution >= 0.6 is 0 Å². The van der Waals surface area contributed by atoms with Gasteiger partial charge in [0.1, 0.15) is 34.0 Å². The van der Waals surface area contributed by atoms with E-state index >= 15 is 0 Å². The van der Waals surface area contributed by atoms with E-state index in [-0.39, 0.29) is 51.3 Å². The predicted octanol–water partition coefficient (Wildman–Crippen LogP) is 12.3. The monoisotopic (exact) mass is 1320 g/mol. The van der Waals surface area contributed by atoms with Crippen LogP contribution in [0, 0.1) is 0 Å². The maximum atomic E-state index is 13.5. The highest BCUT2D eigenvalue weighted by atomic mass is 16.5.